The van der Waals surface area contributed by atoms with Crippen molar-refractivity contribution < 1.29 is 9.53 Å². The molecule has 3 heterocycles. The van der Waals surface area contributed by atoms with Gasteiger partial charge in [-0.3, -0.25) is 18.7 Å². The highest BCUT2D eigenvalue weighted by Crippen LogP contribution is 2.11. The summed E-state index contributed by atoms with van der Waals surface area (Å²) >= 11 is 0. The van der Waals surface area contributed by atoms with Gasteiger partial charge in [-0.2, -0.15) is 0 Å². The SMILES string of the molecule is Cn1c(=O)c2[nH]c(CCC(=O)NCC3CCCO3)nc2n(C)c1=O. The number of carbonyl (C=O) groups is 1. The van der Waals surface area contributed by atoms with Gasteiger partial charge in [0.05, 0.1) is 6.10 Å². The monoisotopic (exact) mass is 335 g/mol. The third-order valence-electron chi connectivity index (χ3n) is 4.28. The van der Waals surface area contributed by atoms with Crippen LogP contribution in [-0.2, 0) is 30.0 Å². The van der Waals surface area contributed by atoms with Crippen molar-refractivity contribution >= 4 is 17.1 Å². The third kappa shape index (κ3) is 3.12. The highest BCUT2D eigenvalue weighted by molar-refractivity contribution is 5.76. The highest BCUT2D eigenvalue weighted by atomic mass is 16.5. The number of hydrogen-bond donors (Lipinski definition) is 2. The molecule has 0 bridgehead atoms. The fourth-order valence-corrected chi connectivity index (χ4v) is 2.85. The van der Waals surface area contributed by atoms with E-state index in [-0.39, 0.29) is 23.9 Å². The zero-order chi connectivity index (χ0) is 17.3. The van der Waals surface area contributed by atoms with Crippen molar-refractivity contribution in [3.63, 3.8) is 0 Å². The van der Waals surface area contributed by atoms with Crippen molar-refractivity contribution in [1.82, 2.24) is 24.4 Å². The van der Waals surface area contributed by atoms with Gasteiger partial charge in [-0.25, -0.2) is 9.78 Å². The largest absolute Gasteiger partial charge is 0.376 e. The van der Waals surface area contributed by atoms with Crippen molar-refractivity contribution in [1.29, 1.82) is 0 Å². The molecule has 1 atom stereocenters. The molecule has 2 aromatic heterocycles. The van der Waals surface area contributed by atoms with Gasteiger partial charge in [-0.1, -0.05) is 0 Å². The molecular weight excluding hydrogens is 314 g/mol. The van der Waals surface area contributed by atoms with Crippen LogP contribution in [0.2, 0.25) is 0 Å². The molecule has 0 aliphatic carbocycles. The maximum Gasteiger partial charge on any atom is 0.332 e. The van der Waals surface area contributed by atoms with E-state index in [9.17, 15) is 14.4 Å². The summed E-state index contributed by atoms with van der Waals surface area (Å²) in [5.41, 5.74) is -0.276. The summed E-state index contributed by atoms with van der Waals surface area (Å²) in [5, 5.41) is 2.84. The first-order valence-electron chi connectivity index (χ1n) is 8.00. The molecule has 9 nitrogen and oxygen atoms in total. The van der Waals surface area contributed by atoms with E-state index in [2.05, 4.69) is 15.3 Å². The number of nitrogens with one attached hydrogen (secondary N) is 2. The minimum Gasteiger partial charge on any atom is -0.376 e. The van der Waals surface area contributed by atoms with Crippen molar-refractivity contribution in [2.75, 3.05) is 13.2 Å². The van der Waals surface area contributed by atoms with Gasteiger partial charge >= 0.3 is 5.69 Å². The first-order chi connectivity index (χ1) is 11.5. The van der Waals surface area contributed by atoms with Crippen molar-refractivity contribution in [2.24, 2.45) is 14.1 Å². The van der Waals surface area contributed by atoms with E-state index in [1.807, 2.05) is 0 Å². The Balaban J connectivity index is 1.66. The third-order valence-corrected chi connectivity index (χ3v) is 4.28. The Hall–Kier alpha value is -2.42. The summed E-state index contributed by atoms with van der Waals surface area (Å²) in [6.07, 6.45) is 2.73. The lowest BCUT2D eigenvalue weighted by Gasteiger charge is -2.10. The molecule has 0 saturated carbocycles. The number of rotatable bonds is 5. The predicted octanol–water partition coefficient (Wildman–Crippen LogP) is -0.812. The van der Waals surface area contributed by atoms with E-state index in [1.54, 1.807) is 7.05 Å². The molecule has 2 N–H and O–H groups in total. The Morgan fingerprint density at radius 1 is 1.38 bits per heavy atom. The first-order valence-corrected chi connectivity index (χ1v) is 8.00. The second kappa shape index (κ2) is 6.60. The maximum absolute atomic E-state index is 12.1. The van der Waals surface area contributed by atoms with Crippen molar-refractivity contribution in [3.05, 3.63) is 26.7 Å². The van der Waals surface area contributed by atoms with E-state index in [4.69, 9.17) is 4.74 Å². The molecule has 0 spiro atoms. The molecule has 130 valence electrons. The maximum atomic E-state index is 12.1. The number of nitrogens with zero attached hydrogens (tertiary/aromatic N) is 3. The lowest BCUT2D eigenvalue weighted by molar-refractivity contribution is -0.121. The number of aromatic nitrogens is 4. The Morgan fingerprint density at radius 2 is 2.17 bits per heavy atom. The highest BCUT2D eigenvalue weighted by Gasteiger charge is 2.17. The van der Waals surface area contributed by atoms with Gasteiger partial charge in [0, 0.05) is 40.1 Å². The van der Waals surface area contributed by atoms with Crippen LogP contribution in [0.4, 0.5) is 0 Å². The molecule has 1 saturated heterocycles. The molecule has 1 amide bonds. The molecule has 1 aliphatic heterocycles. The molecule has 0 aromatic carbocycles. The van der Waals surface area contributed by atoms with E-state index < -0.39 is 11.2 Å². The second-order valence-electron chi connectivity index (χ2n) is 6.03. The molecular formula is C15H21N5O4. The molecule has 9 heteroatoms. The minimum absolute atomic E-state index is 0.0900. The van der Waals surface area contributed by atoms with E-state index in [1.165, 1.54) is 11.6 Å². The van der Waals surface area contributed by atoms with Gasteiger partial charge in [0.2, 0.25) is 5.91 Å². The Bertz CT molecular complexity index is 872. The number of aromatic amines is 1. The zero-order valence-electron chi connectivity index (χ0n) is 13.8. The number of fused-ring (bicyclic) bond motifs is 1. The summed E-state index contributed by atoms with van der Waals surface area (Å²) in [6.45, 7) is 1.28. The Kier molecular flexibility index (Phi) is 4.52. The van der Waals surface area contributed by atoms with Gasteiger partial charge < -0.3 is 15.0 Å². The quantitative estimate of drug-likeness (QED) is 0.742. The average molecular weight is 335 g/mol. The number of hydrogen-bond acceptors (Lipinski definition) is 5. The molecule has 1 unspecified atom stereocenters. The van der Waals surface area contributed by atoms with Crippen LogP contribution < -0.4 is 16.6 Å². The summed E-state index contributed by atoms with van der Waals surface area (Å²) in [6, 6.07) is 0. The fourth-order valence-electron chi connectivity index (χ4n) is 2.85. The van der Waals surface area contributed by atoms with Gasteiger partial charge in [0.15, 0.2) is 5.65 Å². The van der Waals surface area contributed by atoms with Crippen molar-refractivity contribution in [3.8, 4) is 0 Å². The van der Waals surface area contributed by atoms with E-state index in [0.717, 1.165) is 24.0 Å². The fraction of sp³-hybridized carbons (Fsp3) is 0.600. The summed E-state index contributed by atoms with van der Waals surface area (Å²) in [4.78, 5) is 43.1. The number of H-pyrrole nitrogens is 1. The Labute approximate surface area is 137 Å². The summed E-state index contributed by atoms with van der Waals surface area (Å²) in [7, 11) is 2.98. The van der Waals surface area contributed by atoms with Crippen LogP contribution in [-0.4, -0.2) is 44.3 Å². The smallest absolute Gasteiger partial charge is 0.332 e. The lowest BCUT2D eigenvalue weighted by atomic mass is 10.2. The molecule has 1 fully saturated rings. The van der Waals surface area contributed by atoms with E-state index in [0.29, 0.717) is 24.4 Å². The van der Waals surface area contributed by atoms with E-state index >= 15 is 0 Å². The molecule has 1 aliphatic rings. The number of carbonyl (C=O) groups excluding carboxylic acids is 1. The molecule has 24 heavy (non-hydrogen) atoms. The number of imidazole rings is 1. The van der Waals surface area contributed by atoms with Crippen LogP contribution in [0.3, 0.4) is 0 Å². The van der Waals surface area contributed by atoms with Gasteiger partial charge in [-0.15, -0.1) is 0 Å². The number of aryl methyl sites for hydroxylation is 2. The Morgan fingerprint density at radius 3 is 2.88 bits per heavy atom. The van der Waals surface area contributed by atoms with Crippen LogP contribution in [0.5, 0.6) is 0 Å². The van der Waals surface area contributed by atoms with Crippen LogP contribution in [0.1, 0.15) is 25.1 Å². The molecule has 0 radical (unpaired) electrons. The molecule has 3 rings (SSSR count). The molecule has 2 aromatic rings. The normalized spacial score (nSPS) is 17.5. The van der Waals surface area contributed by atoms with Crippen LogP contribution >= 0.6 is 0 Å². The minimum atomic E-state index is -0.431. The second-order valence-corrected chi connectivity index (χ2v) is 6.03. The number of amides is 1. The number of ether oxygens (including phenoxy) is 1. The predicted molar refractivity (Wildman–Crippen MR) is 86.9 cm³/mol. The standard InChI is InChI=1S/C15H21N5O4/c1-19-13-12(14(22)20(2)15(19)23)17-10(18-13)5-6-11(21)16-8-9-4-3-7-24-9/h9H,3-8H2,1-2H3,(H,16,21)(H,17,18). The zero-order valence-corrected chi connectivity index (χ0v) is 13.8. The van der Waals surface area contributed by atoms with Crippen molar-refractivity contribution in [2.45, 2.75) is 31.8 Å². The summed E-state index contributed by atoms with van der Waals surface area (Å²) < 4.78 is 7.79. The summed E-state index contributed by atoms with van der Waals surface area (Å²) in [5.74, 6) is 0.420. The van der Waals surface area contributed by atoms with Crippen LogP contribution in [0, 0.1) is 0 Å². The van der Waals surface area contributed by atoms with Crippen LogP contribution in [0.25, 0.3) is 11.2 Å². The average Bonchev–Trinajstić information content (AvgIpc) is 3.23. The van der Waals surface area contributed by atoms with Crippen LogP contribution in [0.15, 0.2) is 9.59 Å². The first kappa shape index (κ1) is 16.4. The van der Waals surface area contributed by atoms with Gasteiger partial charge in [-0.05, 0) is 12.8 Å². The topological polar surface area (TPSA) is 111 Å². The van der Waals surface area contributed by atoms with Gasteiger partial charge in [0.25, 0.3) is 5.56 Å². The lowest BCUT2D eigenvalue weighted by Crippen LogP contribution is -2.36. The van der Waals surface area contributed by atoms with Gasteiger partial charge in [0.1, 0.15) is 11.3 Å².